The van der Waals surface area contributed by atoms with Gasteiger partial charge in [-0.05, 0) is 48.6 Å². The van der Waals surface area contributed by atoms with Gasteiger partial charge in [-0.25, -0.2) is 4.39 Å². The molecule has 1 fully saturated rings. The Bertz CT molecular complexity index is 1060. The van der Waals surface area contributed by atoms with Crippen LogP contribution in [0.4, 0.5) is 9.52 Å². The zero-order chi connectivity index (χ0) is 22.5. The number of piperidine rings is 1. The van der Waals surface area contributed by atoms with Gasteiger partial charge in [0, 0.05) is 31.0 Å². The second-order valence-electron chi connectivity index (χ2n) is 8.08. The molecule has 0 spiro atoms. The average molecular weight is 453 g/mol. The first-order chi connectivity index (χ1) is 15.5. The van der Waals surface area contributed by atoms with Gasteiger partial charge in [-0.3, -0.25) is 9.59 Å². The molecule has 6 nitrogen and oxygen atoms in total. The van der Waals surface area contributed by atoms with Gasteiger partial charge in [0.05, 0.1) is 0 Å². The quantitative estimate of drug-likeness (QED) is 0.597. The van der Waals surface area contributed by atoms with E-state index in [1.54, 1.807) is 4.90 Å². The van der Waals surface area contributed by atoms with E-state index in [1.807, 2.05) is 18.2 Å². The van der Waals surface area contributed by atoms with Crippen LogP contribution in [0.1, 0.15) is 46.6 Å². The van der Waals surface area contributed by atoms with Crippen molar-refractivity contribution in [1.82, 2.24) is 15.1 Å². The van der Waals surface area contributed by atoms with Gasteiger partial charge in [-0.2, -0.15) is 0 Å². The number of carbonyl (C=O) groups excluding carboxylic acids is 2. The van der Waals surface area contributed by atoms with Crippen molar-refractivity contribution < 1.29 is 14.0 Å². The number of nitrogens with zero attached hydrogens (tertiary/aromatic N) is 3. The summed E-state index contributed by atoms with van der Waals surface area (Å²) >= 11 is 1.40. The molecule has 0 aliphatic carbocycles. The molecule has 1 N–H and O–H groups in total. The van der Waals surface area contributed by atoms with E-state index in [-0.39, 0.29) is 23.5 Å². The maximum absolute atomic E-state index is 13.1. The highest BCUT2D eigenvalue weighted by atomic mass is 32.1. The molecule has 0 bridgehead atoms. The Morgan fingerprint density at radius 2 is 1.78 bits per heavy atom. The van der Waals surface area contributed by atoms with E-state index in [2.05, 4.69) is 34.6 Å². The number of halogens is 1. The van der Waals surface area contributed by atoms with Crippen LogP contribution in [0.5, 0.6) is 0 Å². The summed E-state index contributed by atoms with van der Waals surface area (Å²) < 4.78 is 13.1. The topological polar surface area (TPSA) is 75.2 Å². The summed E-state index contributed by atoms with van der Waals surface area (Å²) in [6, 6.07) is 15.8. The van der Waals surface area contributed by atoms with Crippen LogP contribution in [0, 0.1) is 11.7 Å². The molecule has 0 radical (unpaired) electrons. The van der Waals surface area contributed by atoms with Crippen LogP contribution in [0.15, 0.2) is 54.6 Å². The molecule has 0 saturated carbocycles. The molecule has 166 valence electrons. The molecule has 1 aromatic heterocycles. The van der Waals surface area contributed by atoms with E-state index < -0.39 is 0 Å². The molecule has 4 rings (SSSR count). The summed E-state index contributed by atoms with van der Waals surface area (Å²) in [6.07, 6.45) is 1.92. The van der Waals surface area contributed by atoms with Crippen LogP contribution in [-0.4, -0.2) is 40.0 Å². The second kappa shape index (κ2) is 9.99. The van der Waals surface area contributed by atoms with Gasteiger partial charge in [-0.1, -0.05) is 48.6 Å². The molecule has 1 unspecified atom stereocenters. The monoisotopic (exact) mass is 452 g/mol. The van der Waals surface area contributed by atoms with E-state index >= 15 is 0 Å². The number of hydrogen-bond acceptors (Lipinski definition) is 5. The Morgan fingerprint density at radius 1 is 1.09 bits per heavy atom. The van der Waals surface area contributed by atoms with Crippen molar-refractivity contribution in [3.05, 3.63) is 76.5 Å². The maximum atomic E-state index is 13.1. The molecule has 1 atom stereocenters. The SMILES string of the molecule is CC(Cc1nnc(NC(=O)C2CCN(C(=O)c3ccc(F)cc3)CC2)s1)c1ccccc1. The third-order valence-electron chi connectivity index (χ3n) is 5.79. The van der Waals surface area contributed by atoms with Gasteiger partial charge in [0.25, 0.3) is 5.91 Å². The van der Waals surface area contributed by atoms with Crippen LogP contribution < -0.4 is 5.32 Å². The molecule has 1 saturated heterocycles. The minimum Gasteiger partial charge on any atom is -0.339 e. The predicted octanol–water partition coefficient (Wildman–Crippen LogP) is 4.51. The fourth-order valence-corrected chi connectivity index (χ4v) is 4.75. The van der Waals surface area contributed by atoms with Gasteiger partial charge < -0.3 is 10.2 Å². The van der Waals surface area contributed by atoms with Crippen LogP contribution >= 0.6 is 11.3 Å². The van der Waals surface area contributed by atoms with E-state index in [0.717, 1.165) is 11.4 Å². The maximum Gasteiger partial charge on any atom is 0.253 e. The molecular formula is C24H25FN4O2S. The van der Waals surface area contributed by atoms with Crippen LogP contribution in [-0.2, 0) is 11.2 Å². The van der Waals surface area contributed by atoms with Gasteiger partial charge in [0.1, 0.15) is 10.8 Å². The van der Waals surface area contributed by atoms with Crippen molar-refractivity contribution in [1.29, 1.82) is 0 Å². The van der Waals surface area contributed by atoms with Crippen molar-refractivity contribution in [2.24, 2.45) is 5.92 Å². The van der Waals surface area contributed by atoms with Crippen molar-refractivity contribution >= 4 is 28.3 Å². The Balaban J connectivity index is 1.27. The Morgan fingerprint density at radius 3 is 2.47 bits per heavy atom. The number of rotatable bonds is 6. The predicted molar refractivity (Wildman–Crippen MR) is 122 cm³/mol. The minimum absolute atomic E-state index is 0.0855. The molecule has 1 aliphatic rings. The van der Waals surface area contributed by atoms with Gasteiger partial charge in [-0.15, -0.1) is 10.2 Å². The summed E-state index contributed by atoms with van der Waals surface area (Å²) in [6.45, 7) is 3.13. The largest absolute Gasteiger partial charge is 0.339 e. The number of nitrogens with one attached hydrogen (secondary N) is 1. The molecule has 8 heteroatoms. The number of hydrogen-bond donors (Lipinski definition) is 1. The second-order valence-corrected chi connectivity index (χ2v) is 9.14. The number of anilines is 1. The van der Waals surface area contributed by atoms with Gasteiger partial charge >= 0.3 is 0 Å². The number of likely N-dealkylation sites (tertiary alicyclic amines) is 1. The zero-order valence-electron chi connectivity index (χ0n) is 17.8. The van der Waals surface area contributed by atoms with Crippen molar-refractivity contribution in [3.8, 4) is 0 Å². The van der Waals surface area contributed by atoms with E-state index in [1.165, 1.54) is 41.2 Å². The molecule has 2 aromatic carbocycles. The molecular weight excluding hydrogens is 427 g/mol. The first-order valence-electron chi connectivity index (χ1n) is 10.7. The van der Waals surface area contributed by atoms with Crippen molar-refractivity contribution in [3.63, 3.8) is 0 Å². The standard InChI is InChI=1S/C24H25FN4O2S/c1-16(17-5-3-2-4-6-17)15-21-27-28-24(32-21)26-22(30)18-11-13-29(14-12-18)23(31)19-7-9-20(25)10-8-19/h2-10,16,18H,11-15H2,1H3,(H,26,28,30). The summed E-state index contributed by atoms with van der Waals surface area (Å²) in [5.41, 5.74) is 1.70. The van der Waals surface area contributed by atoms with E-state index in [4.69, 9.17) is 0 Å². The Kier molecular flexibility index (Phi) is 6.90. The molecule has 2 heterocycles. The summed E-state index contributed by atoms with van der Waals surface area (Å²) in [4.78, 5) is 27.0. The lowest BCUT2D eigenvalue weighted by atomic mass is 9.95. The first kappa shape index (κ1) is 22.1. The molecule has 32 heavy (non-hydrogen) atoms. The summed E-state index contributed by atoms with van der Waals surface area (Å²) in [7, 11) is 0. The molecule has 1 aliphatic heterocycles. The fourth-order valence-electron chi connectivity index (χ4n) is 3.88. The van der Waals surface area contributed by atoms with E-state index in [0.29, 0.717) is 42.5 Å². The highest BCUT2D eigenvalue weighted by molar-refractivity contribution is 7.15. The molecule has 2 amide bonds. The first-order valence-corrected chi connectivity index (χ1v) is 11.5. The third-order valence-corrected chi connectivity index (χ3v) is 6.65. The van der Waals surface area contributed by atoms with E-state index in [9.17, 15) is 14.0 Å². The number of aromatic nitrogens is 2. The lowest BCUT2D eigenvalue weighted by molar-refractivity contribution is -0.121. The highest BCUT2D eigenvalue weighted by Crippen LogP contribution is 2.26. The molecule has 3 aromatic rings. The normalized spacial score (nSPS) is 15.4. The smallest absolute Gasteiger partial charge is 0.253 e. The minimum atomic E-state index is -0.369. The fraction of sp³-hybridized carbons (Fsp3) is 0.333. The van der Waals surface area contributed by atoms with Crippen LogP contribution in [0.3, 0.4) is 0 Å². The zero-order valence-corrected chi connectivity index (χ0v) is 18.6. The average Bonchev–Trinajstić information content (AvgIpc) is 3.26. The highest BCUT2D eigenvalue weighted by Gasteiger charge is 2.28. The number of amides is 2. The number of carbonyl (C=O) groups is 2. The van der Waals surface area contributed by atoms with Gasteiger partial charge in [0.15, 0.2) is 0 Å². The summed E-state index contributed by atoms with van der Waals surface area (Å²) in [5.74, 6) is -0.451. The van der Waals surface area contributed by atoms with Crippen LogP contribution in [0.2, 0.25) is 0 Å². The Labute approximate surface area is 190 Å². The van der Waals surface area contributed by atoms with Crippen LogP contribution in [0.25, 0.3) is 0 Å². The summed E-state index contributed by atoms with van der Waals surface area (Å²) in [5, 5.41) is 12.6. The van der Waals surface area contributed by atoms with Crippen molar-refractivity contribution in [2.45, 2.75) is 32.1 Å². The van der Waals surface area contributed by atoms with Crippen molar-refractivity contribution in [2.75, 3.05) is 18.4 Å². The lowest BCUT2D eigenvalue weighted by Crippen LogP contribution is -2.41. The lowest BCUT2D eigenvalue weighted by Gasteiger charge is -2.31. The third kappa shape index (κ3) is 5.37. The Hall–Kier alpha value is -3.13. The number of benzene rings is 2. The van der Waals surface area contributed by atoms with Gasteiger partial charge in [0.2, 0.25) is 11.0 Å².